The van der Waals surface area contributed by atoms with Gasteiger partial charge >= 0.3 is 0 Å². The molecule has 0 unspecified atom stereocenters. The van der Waals surface area contributed by atoms with Crippen molar-refractivity contribution >= 4 is 66.8 Å². The van der Waals surface area contributed by atoms with Crippen molar-refractivity contribution in [1.29, 1.82) is 0 Å². The summed E-state index contributed by atoms with van der Waals surface area (Å²) in [5.41, 5.74) is 8.12. The van der Waals surface area contributed by atoms with E-state index in [-0.39, 0.29) is 0 Å². The van der Waals surface area contributed by atoms with Gasteiger partial charge in [0.15, 0.2) is 5.58 Å². The van der Waals surface area contributed by atoms with Crippen molar-refractivity contribution in [2.24, 2.45) is 0 Å². The minimum atomic E-state index is 0.847. The van der Waals surface area contributed by atoms with Crippen LogP contribution in [-0.2, 0) is 0 Å². The Morgan fingerprint density at radius 2 is 0.674 bits per heavy atom. The molecule has 0 saturated carbocycles. The Balaban J connectivity index is 1.58. The van der Waals surface area contributed by atoms with Crippen LogP contribution in [-0.4, -0.2) is 0 Å². The van der Waals surface area contributed by atoms with Gasteiger partial charge in [0.2, 0.25) is 0 Å². The summed E-state index contributed by atoms with van der Waals surface area (Å²) in [6.45, 7) is 0. The molecule has 204 valence electrons. The lowest BCUT2D eigenvalue weighted by Gasteiger charge is -2.31. The van der Waals surface area contributed by atoms with Gasteiger partial charge in [0, 0.05) is 38.9 Å². The Hall–Kier alpha value is -5.80. The van der Waals surface area contributed by atoms with Crippen molar-refractivity contribution in [1.82, 2.24) is 0 Å². The van der Waals surface area contributed by atoms with Crippen LogP contribution < -0.4 is 9.80 Å². The van der Waals surface area contributed by atoms with E-state index < -0.39 is 0 Å². The van der Waals surface area contributed by atoms with Crippen LogP contribution in [0.1, 0.15) is 0 Å². The van der Waals surface area contributed by atoms with Gasteiger partial charge in [0.05, 0.1) is 16.8 Å². The van der Waals surface area contributed by atoms with Crippen LogP contribution in [0.15, 0.2) is 174 Å². The largest absolute Gasteiger partial charge is 0.454 e. The number of nitrogens with zero attached hydrogens (tertiary/aromatic N) is 2. The van der Waals surface area contributed by atoms with Crippen LogP contribution in [0.2, 0.25) is 0 Å². The van der Waals surface area contributed by atoms with Crippen LogP contribution in [0, 0.1) is 0 Å². The number of fused-ring (bicyclic) bond motifs is 4. The summed E-state index contributed by atoms with van der Waals surface area (Å²) in [5, 5.41) is 4.40. The average molecular weight is 553 g/mol. The summed E-state index contributed by atoms with van der Waals surface area (Å²) < 4.78 is 6.91. The van der Waals surface area contributed by atoms with Gasteiger partial charge in [-0.05, 0) is 54.6 Å². The fraction of sp³-hybridized carbons (Fsp3) is 0. The van der Waals surface area contributed by atoms with E-state index in [1.165, 1.54) is 0 Å². The van der Waals surface area contributed by atoms with Gasteiger partial charge in [-0.2, -0.15) is 0 Å². The van der Waals surface area contributed by atoms with Gasteiger partial charge in [-0.1, -0.05) is 115 Å². The highest BCUT2D eigenvalue weighted by atomic mass is 16.3. The molecule has 0 aliphatic rings. The fourth-order valence-electron chi connectivity index (χ4n) is 6.18. The lowest BCUT2D eigenvalue weighted by atomic mass is 9.97. The molecular weight excluding hydrogens is 524 g/mol. The molecular formula is C40H28N2O. The number of hydrogen-bond acceptors (Lipinski definition) is 3. The van der Waals surface area contributed by atoms with Crippen LogP contribution in [0.5, 0.6) is 0 Å². The predicted octanol–water partition coefficient (Wildman–Crippen LogP) is 11.7. The zero-order chi connectivity index (χ0) is 28.6. The van der Waals surface area contributed by atoms with Crippen molar-refractivity contribution in [2.45, 2.75) is 0 Å². The second-order valence-corrected chi connectivity index (χ2v) is 10.6. The first-order valence-electron chi connectivity index (χ1n) is 14.5. The topological polar surface area (TPSA) is 19.6 Å². The zero-order valence-electron chi connectivity index (χ0n) is 23.5. The van der Waals surface area contributed by atoms with Gasteiger partial charge in [-0.15, -0.1) is 0 Å². The number of furan rings is 1. The van der Waals surface area contributed by atoms with E-state index in [9.17, 15) is 0 Å². The second kappa shape index (κ2) is 10.6. The quantitative estimate of drug-likeness (QED) is 0.191. The number of rotatable bonds is 6. The summed E-state index contributed by atoms with van der Waals surface area (Å²) in [7, 11) is 0. The first-order valence-corrected chi connectivity index (χ1v) is 14.5. The molecule has 0 amide bonds. The Labute approximate surface area is 250 Å². The van der Waals surface area contributed by atoms with Gasteiger partial charge in [-0.25, -0.2) is 0 Å². The van der Waals surface area contributed by atoms with Crippen molar-refractivity contribution in [2.75, 3.05) is 9.80 Å². The number of para-hydroxylation sites is 5. The van der Waals surface area contributed by atoms with E-state index >= 15 is 0 Å². The van der Waals surface area contributed by atoms with E-state index in [0.717, 1.165) is 66.8 Å². The predicted molar refractivity (Wildman–Crippen MR) is 181 cm³/mol. The molecule has 0 atom stereocenters. The summed E-state index contributed by atoms with van der Waals surface area (Å²) >= 11 is 0. The molecule has 3 nitrogen and oxygen atoms in total. The first-order chi connectivity index (χ1) is 21.4. The van der Waals surface area contributed by atoms with Crippen LogP contribution >= 0.6 is 0 Å². The lowest BCUT2D eigenvalue weighted by Crippen LogP contribution is -2.14. The molecule has 7 aromatic carbocycles. The molecule has 0 bridgehead atoms. The molecule has 1 aromatic heterocycles. The zero-order valence-corrected chi connectivity index (χ0v) is 23.5. The van der Waals surface area contributed by atoms with E-state index in [0.29, 0.717) is 0 Å². The lowest BCUT2D eigenvalue weighted by molar-refractivity contribution is 0.669. The summed E-state index contributed by atoms with van der Waals surface area (Å²) in [4.78, 5) is 4.69. The van der Waals surface area contributed by atoms with Gasteiger partial charge in [-0.3, -0.25) is 0 Å². The minimum Gasteiger partial charge on any atom is -0.454 e. The van der Waals surface area contributed by atoms with Crippen LogP contribution in [0.25, 0.3) is 32.7 Å². The van der Waals surface area contributed by atoms with E-state index in [1.807, 2.05) is 6.07 Å². The SMILES string of the molecule is c1ccc(N(c2ccccc2)c2c3ccccc3c(N(c3ccccc3)c3ccccc3)c3c2oc2ccccc23)cc1. The molecule has 0 N–H and O–H groups in total. The van der Waals surface area contributed by atoms with E-state index in [2.05, 4.69) is 174 Å². The molecule has 8 rings (SSSR count). The van der Waals surface area contributed by atoms with Crippen molar-refractivity contribution in [3.63, 3.8) is 0 Å². The number of hydrogen-bond donors (Lipinski definition) is 0. The summed E-state index contributed by atoms with van der Waals surface area (Å²) in [6, 6.07) is 59.4. The van der Waals surface area contributed by atoms with Gasteiger partial charge in [0.25, 0.3) is 0 Å². The van der Waals surface area contributed by atoms with Crippen molar-refractivity contribution < 1.29 is 4.42 Å². The molecule has 3 heteroatoms. The maximum Gasteiger partial charge on any atom is 0.162 e. The van der Waals surface area contributed by atoms with E-state index in [1.54, 1.807) is 0 Å². The third-order valence-electron chi connectivity index (χ3n) is 7.99. The maximum atomic E-state index is 6.91. The normalized spacial score (nSPS) is 11.3. The Bertz CT molecular complexity index is 2090. The Morgan fingerprint density at radius 3 is 1.14 bits per heavy atom. The molecule has 0 fully saturated rings. The maximum absolute atomic E-state index is 6.91. The highest BCUT2D eigenvalue weighted by molar-refractivity contribution is 6.28. The van der Waals surface area contributed by atoms with E-state index in [4.69, 9.17) is 4.42 Å². The van der Waals surface area contributed by atoms with Gasteiger partial charge < -0.3 is 14.2 Å². The van der Waals surface area contributed by atoms with Crippen LogP contribution in [0.4, 0.5) is 34.1 Å². The minimum absolute atomic E-state index is 0.847. The number of benzene rings is 7. The third kappa shape index (κ3) is 4.22. The molecule has 0 spiro atoms. The van der Waals surface area contributed by atoms with Crippen molar-refractivity contribution in [3.8, 4) is 0 Å². The highest BCUT2D eigenvalue weighted by Crippen LogP contribution is 2.53. The highest BCUT2D eigenvalue weighted by Gasteiger charge is 2.28. The average Bonchev–Trinajstić information content (AvgIpc) is 3.47. The smallest absolute Gasteiger partial charge is 0.162 e. The molecule has 1 heterocycles. The molecule has 43 heavy (non-hydrogen) atoms. The molecule has 8 aromatic rings. The van der Waals surface area contributed by atoms with Gasteiger partial charge in [0.1, 0.15) is 5.58 Å². The number of anilines is 6. The second-order valence-electron chi connectivity index (χ2n) is 10.6. The summed E-state index contributed by atoms with van der Waals surface area (Å²) in [6.07, 6.45) is 0. The first kappa shape index (κ1) is 25.0. The Kier molecular flexibility index (Phi) is 6.12. The molecule has 0 radical (unpaired) electrons. The monoisotopic (exact) mass is 552 g/mol. The summed E-state index contributed by atoms with van der Waals surface area (Å²) in [5.74, 6) is 0. The molecule has 0 aliphatic heterocycles. The Morgan fingerprint density at radius 1 is 0.326 bits per heavy atom. The van der Waals surface area contributed by atoms with Crippen molar-refractivity contribution in [3.05, 3.63) is 170 Å². The fourth-order valence-corrected chi connectivity index (χ4v) is 6.18. The molecule has 0 saturated heterocycles. The molecule has 0 aliphatic carbocycles. The van der Waals surface area contributed by atoms with Crippen LogP contribution in [0.3, 0.4) is 0 Å². The standard InChI is InChI=1S/C40H28N2O/c1-5-17-29(18-6-1)41(30-19-7-2-8-20-30)38-33-25-13-14-26-34(33)39(40-37(38)35-27-15-16-28-36(35)43-40)42(31-21-9-3-10-22-31)32-23-11-4-12-24-32/h1-28H. The third-order valence-corrected chi connectivity index (χ3v) is 7.99.